The summed E-state index contributed by atoms with van der Waals surface area (Å²) in [5, 5.41) is 3.18. The third-order valence-electron chi connectivity index (χ3n) is 3.29. The second kappa shape index (κ2) is 7.38. The quantitative estimate of drug-likeness (QED) is 0.606. The molecule has 1 heterocycles. The van der Waals surface area contributed by atoms with Crippen LogP contribution in [0.2, 0.25) is 0 Å². The molecule has 1 aromatic rings. The molecule has 1 N–H and O–H groups in total. The van der Waals surface area contributed by atoms with E-state index in [2.05, 4.69) is 5.32 Å². The lowest BCUT2D eigenvalue weighted by atomic mass is 10.2. The summed E-state index contributed by atoms with van der Waals surface area (Å²) >= 11 is 1.64. The van der Waals surface area contributed by atoms with E-state index in [0.717, 1.165) is 22.0 Å². The van der Waals surface area contributed by atoms with Crippen molar-refractivity contribution in [2.24, 2.45) is 0 Å². The van der Waals surface area contributed by atoms with Crippen molar-refractivity contribution in [2.45, 2.75) is 18.4 Å². The Hall–Kier alpha value is -0.920. The fourth-order valence-corrected chi connectivity index (χ4v) is 3.40. The zero-order valence-electron chi connectivity index (χ0n) is 12.3. The van der Waals surface area contributed by atoms with Crippen molar-refractivity contribution in [2.75, 3.05) is 37.5 Å². The first kappa shape index (κ1) is 16.5. The fourth-order valence-electron chi connectivity index (χ4n) is 2.04. The lowest BCUT2D eigenvalue weighted by molar-refractivity contribution is 0.171. The number of thioether (sulfide) groups is 1. The van der Waals surface area contributed by atoms with Gasteiger partial charge in [-0.05, 0) is 24.0 Å². The van der Waals surface area contributed by atoms with Crippen LogP contribution in [-0.4, -0.2) is 45.9 Å². The van der Waals surface area contributed by atoms with Gasteiger partial charge in [0.05, 0.1) is 5.75 Å². The van der Waals surface area contributed by atoms with Crippen LogP contribution in [0.15, 0.2) is 17.0 Å². The highest BCUT2D eigenvalue weighted by Crippen LogP contribution is 2.36. The molecule has 1 aromatic carbocycles. The van der Waals surface area contributed by atoms with E-state index >= 15 is 0 Å². The molecule has 21 heavy (non-hydrogen) atoms. The summed E-state index contributed by atoms with van der Waals surface area (Å²) in [6.07, 6.45) is 2.01. The molecule has 0 aromatic heterocycles. The van der Waals surface area contributed by atoms with E-state index in [4.69, 9.17) is 9.47 Å². The highest BCUT2D eigenvalue weighted by Gasteiger charge is 2.15. The summed E-state index contributed by atoms with van der Waals surface area (Å²) in [7, 11) is -2.92. The highest BCUT2D eigenvalue weighted by molar-refractivity contribution is 7.98. The molecule has 7 heteroatoms. The molecule has 118 valence electrons. The standard InChI is InChI=1S/C14H21NO4S2/c1-3-21(16,17)7-4-15-10-11-8-12-13(9-14(11)20-2)19-6-5-18-12/h8-9,15H,3-7,10H2,1-2H3. The minimum absolute atomic E-state index is 0.169. The van der Waals surface area contributed by atoms with Gasteiger partial charge in [-0.2, -0.15) is 0 Å². The Morgan fingerprint density at radius 2 is 1.90 bits per heavy atom. The number of nitrogens with one attached hydrogen (secondary N) is 1. The molecule has 0 saturated carbocycles. The Balaban J connectivity index is 1.99. The van der Waals surface area contributed by atoms with Gasteiger partial charge in [0.15, 0.2) is 21.3 Å². The minimum Gasteiger partial charge on any atom is -0.486 e. The SMILES string of the molecule is CCS(=O)(=O)CCNCc1cc2c(cc1SC)OCCO2. The number of sulfone groups is 1. The van der Waals surface area contributed by atoms with Crippen molar-refractivity contribution in [3.8, 4) is 11.5 Å². The Labute approximate surface area is 130 Å². The number of ether oxygens (including phenoxy) is 2. The number of hydrogen-bond donors (Lipinski definition) is 1. The predicted molar refractivity (Wildman–Crippen MR) is 85.2 cm³/mol. The van der Waals surface area contributed by atoms with E-state index in [1.165, 1.54) is 0 Å². The van der Waals surface area contributed by atoms with E-state index in [1.807, 2.05) is 18.4 Å². The summed E-state index contributed by atoms with van der Waals surface area (Å²) in [4.78, 5) is 1.12. The van der Waals surface area contributed by atoms with Gasteiger partial charge in [0.25, 0.3) is 0 Å². The Morgan fingerprint density at radius 1 is 1.24 bits per heavy atom. The van der Waals surface area contributed by atoms with Crippen LogP contribution in [0.4, 0.5) is 0 Å². The van der Waals surface area contributed by atoms with Gasteiger partial charge in [0.1, 0.15) is 13.2 Å². The molecule has 0 spiro atoms. The molecule has 0 fully saturated rings. The average molecular weight is 331 g/mol. The molecule has 1 aliphatic heterocycles. The molecule has 0 radical (unpaired) electrons. The van der Waals surface area contributed by atoms with Gasteiger partial charge in [-0.3, -0.25) is 0 Å². The van der Waals surface area contributed by atoms with E-state index in [0.29, 0.717) is 26.3 Å². The third kappa shape index (κ3) is 4.52. The minimum atomic E-state index is -2.92. The zero-order chi connectivity index (χ0) is 15.3. The van der Waals surface area contributed by atoms with Gasteiger partial charge < -0.3 is 14.8 Å². The first-order chi connectivity index (χ1) is 10.1. The Bertz CT molecular complexity index is 587. The van der Waals surface area contributed by atoms with E-state index < -0.39 is 9.84 Å². The molecule has 2 rings (SSSR count). The predicted octanol–water partition coefficient (Wildman–Crippen LogP) is 1.70. The molecule has 5 nitrogen and oxygen atoms in total. The Kier molecular flexibility index (Phi) is 5.78. The number of rotatable bonds is 7. The lowest BCUT2D eigenvalue weighted by Crippen LogP contribution is -2.24. The van der Waals surface area contributed by atoms with Gasteiger partial charge in [-0.1, -0.05) is 6.92 Å². The second-order valence-corrected chi connectivity index (χ2v) is 8.04. The van der Waals surface area contributed by atoms with Crippen LogP contribution in [0.5, 0.6) is 11.5 Å². The maximum Gasteiger partial charge on any atom is 0.162 e. The maximum absolute atomic E-state index is 11.4. The van der Waals surface area contributed by atoms with Gasteiger partial charge in [0.2, 0.25) is 0 Å². The summed E-state index contributed by atoms with van der Waals surface area (Å²) in [6.45, 7) is 3.88. The van der Waals surface area contributed by atoms with Crippen LogP contribution in [-0.2, 0) is 16.4 Å². The summed E-state index contributed by atoms with van der Waals surface area (Å²) in [6, 6.07) is 3.96. The smallest absolute Gasteiger partial charge is 0.162 e. The molecule has 0 atom stereocenters. The van der Waals surface area contributed by atoms with E-state index in [-0.39, 0.29) is 11.5 Å². The molecule has 0 amide bonds. The van der Waals surface area contributed by atoms with Crippen molar-refractivity contribution < 1.29 is 17.9 Å². The van der Waals surface area contributed by atoms with Crippen LogP contribution in [0.1, 0.15) is 12.5 Å². The normalized spacial score (nSPS) is 14.2. The van der Waals surface area contributed by atoms with Gasteiger partial charge in [-0.25, -0.2) is 8.42 Å². The van der Waals surface area contributed by atoms with Gasteiger partial charge in [0, 0.05) is 23.7 Å². The van der Waals surface area contributed by atoms with E-state index in [9.17, 15) is 8.42 Å². The van der Waals surface area contributed by atoms with Crippen LogP contribution >= 0.6 is 11.8 Å². The first-order valence-electron chi connectivity index (χ1n) is 6.93. The maximum atomic E-state index is 11.4. The fraction of sp³-hybridized carbons (Fsp3) is 0.571. The van der Waals surface area contributed by atoms with Crippen molar-refractivity contribution >= 4 is 21.6 Å². The largest absolute Gasteiger partial charge is 0.486 e. The molecule has 0 aliphatic carbocycles. The lowest BCUT2D eigenvalue weighted by Gasteiger charge is -2.21. The van der Waals surface area contributed by atoms with E-state index in [1.54, 1.807) is 18.7 Å². The third-order valence-corrected chi connectivity index (χ3v) is 5.82. The van der Waals surface area contributed by atoms with Gasteiger partial charge >= 0.3 is 0 Å². The van der Waals surface area contributed by atoms with Crippen LogP contribution in [0, 0.1) is 0 Å². The summed E-state index contributed by atoms with van der Waals surface area (Å²) in [5.74, 6) is 1.90. The van der Waals surface area contributed by atoms with Gasteiger partial charge in [-0.15, -0.1) is 11.8 Å². The molecule has 1 aliphatic rings. The van der Waals surface area contributed by atoms with Crippen LogP contribution < -0.4 is 14.8 Å². The Morgan fingerprint density at radius 3 is 2.52 bits per heavy atom. The van der Waals surface area contributed by atoms with Crippen LogP contribution in [0.25, 0.3) is 0 Å². The first-order valence-corrected chi connectivity index (χ1v) is 9.98. The molecular weight excluding hydrogens is 310 g/mol. The van der Waals surface area contributed by atoms with Crippen molar-refractivity contribution in [1.82, 2.24) is 5.32 Å². The van der Waals surface area contributed by atoms with Crippen molar-refractivity contribution in [1.29, 1.82) is 0 Å². The van der Waals surface area contributed by atoms with Crippen molar-refractivity contribution in [3.63, 3.8) is 0 Å². The number of benzene rings is 1. The number of fused-ring (bicyclic) bond motifs is 1. The topological polar surface area (TPSA) is 64.6 Å². The van der Waals surface area contributed by atoms with Crippen LogP contribution in [0.3, 0.4) is 0 Å². The molecule has 0 bridgehead atoms. The monoisotopic (exact) mass is 331 g/mol. The second-order valence-electron chi connectivity index (χ2n) is 4.72. The average Bonchev–Trinajstić information content (AvgIpc) is 2.50. The molecule has 0 saturated heterocycles. The summed E-state index contributed by atoms with van der Waals surface area (Å²) in [5.41, 5.74) is 1.10. The number of hydrogen-bond acceptors (Lipinski definition) is 6. The zero-order valence-corrected chi connectivity index (χ0v) is 14.0. The summed E-state index contributed by atoms with van der Waals surface area (Å²) < 4.78 is 34.0. The van der Waals surface area contributed by atoms with Crippen molar-refractivity contribution in [3.05, 3.63) is 17.7 Å². The highest BCUT2D eigenvalue weighted by atomic mass is 32.2. The molecular formula is C14H21NO4S2. The molecule has 0 unspecified atom stereocenters.